The van der Waals surface area contributed by atoms with E-state index in [-0.39, 0.29) is 6.42 Å². The van der Waals surface area contributed by atoms with Crippen molar-refractivity contribution in [2.75, 3.05) is 0 Å². The lowest BCUT2D eigenvalue weighted by molar-refractivity contribution is -0.156. The van der Waals surface area contributed by atoms with Gasteiger partial charge >= 0.3 is 5.97 Å². The molecule has 0 saturated heterocycles. The van der Waals surface area contributed by atoms with Crippen LogP contribution in [0.25, 0.3) is 0 Å². The maximum atomic E-state index is 10.5. The molecule has 1 aromatic heterocycles. The Kier molecular flexibility index (Phi) is 2.19. The number of aliphatic hydroxyl groups is 1. The van der Waals surface area contributed by atoms with Gasteiger partial charge in [-0.2, -0.15) is 0 Å². The minimum absolute atomic E-state index is 0.0185. The van der Waals surface area contributed by atoms with E-state index >= 15 is 0 Å². The van der Waals surface area contributed by atoms with E-state index in [2.05, 4.69) is 0 Å². The van der Waals surface area contributed by atoms with Gasteiger partial charge in [-0.25, -0.2) is 4.79 Å². The van der Waals surface area contributed by atoms with Crippen molar-refractivity contribution in [3.63, 3.8) is 0 Å². The first-order valence-corrected chi connectivity index (χ1v) is 3.50. The normalized spacial score (nSPS) is 15.5. The third-order valence-corrected chi connectivity index (χ3v) is 1.56. The zero-order valence-corrected chi connectivity index (χ0v) is 6.65. The quantitative estimate of drug-likeness (QED) is 0.699. The lowest BCUT2D eigenvalue weighted by Crippen LogP contribution is -2.36. The molecule has 0 bridgehead atoms. The molecular formula is C8H10O4. The van der Waals surface area contributed by atoms with Crippen LogP contribution in [0.4, 0.5) is 0 Å². The highest BCUT2D eigenvalue weighted by Gasteiger charge is 2.30. The molecule has 2 N–H and O–H groups in total. The van der Waals surface area contributed by atoms with Crippen LogP contribution in [0, 0.1) is 0 Å². The Balaban J connectivity index is 2.69. The van der Waals surface area contributed by atoms with Crippen molar-refractivity contribution in [1.82, 2.24) is 0 Å². The molecule has 1 heterocycles. The number of aliphatic carboxylic acids is 1. The second-order valence-electron chi connectivity index (χ2n) is 2.84. The number of rotatable bonds is 3. The summed E-state index contributed by atoms with van der Waals surface area (Å²) in [6, 6.07) is 3.27. The molecule has 1 rings (SSSR count). The molecule has 1 aromatic rings. The Morgan fingerprint density at radius 2 is 2.42 bits per heavy atom. The predicted octanol–water partition coefficient (Wildman–Crippen LogP) is 0.658. The second-order valence-corrected chi connectivity index (χ2v) is 2.84. The molecule has 1 unspecified atom stereocenters. The zero-order valence-electron chi connectivity index (χ0n) is 6.65. The first kappa shape index (κ1) is 8.80. The van der Waals surface area contributed by atoms with Gasteiger partial charge < -0.3 is 14.6 Å². The minimum Gasteiger partial charge on any atom is -0.479 e. The third-order valence-electron chi connectivity index (χ3n) is 1.56. The van der Waals surface area contributed by atoms with E-state index in [0.29, 0.717) is 5.76 Å². The zero-order chi connectivity index (χ0) is 9.19. The Hall–Kier alpha value is -1.29. The lowest BCUT2D eigenvalue weighted by atomic mass is 10.0. The van der Waals surface area contributed by atoms with Crippen molar-refractivity contribution in [3.05, 3.63) is 24.2 Å². The van der Waals surface area contributed by atoms with Gasteiger partial charge in [-0.15, -0.1) is 0 Å². The summed E-state index contributed by atoms with van der Waals surface area (Å²) in [6.07, 6.45) is 1.42. The molecule has 1 atom stereocenters. The summed E-state index contributed by atoms with van der Waals surface area (Å²) in [5.41, 5.74) is -1.75. The summed E-state index contributed by atoms with van der Waals surface area (Å²) in [7, 11) is 0. The summed E-state index contributed by atoms with van der Waals surface area (Å²) in [4.78, 5) is 10.5. The number of carboxylic acid groups (broad SMARTS) is 1. The number of carbonyl (C=O) groups is 1. The van der Waals surface area contributed by atoms with Gasteiger partial charge in [-0.05, 0) is 19.1 Å². The van der Waals surface area contributed by atoms with Crippen molar-refractivity contribution in [1.29, 1.82) is 0 Å². The maximum absolute atomic E-state index is 10.5. The second kappa shape index (κ2) is 2.98. The van der Waals surface area contributed by atoms with Crippen LogP contribution >= 0.6 is 0 Å². The van der Waals surface area contributed by atoms with Crippen molar-refractivity contribution in [2.45, 2.75) is 18.9 Å². The monoisotopic (exact) mass is 170 g/mol. The van der Waals surface area contributed by atoms with E-state index < -0.39 is 11.6 Å². The van der Waals surface area contributed by atoms with E-state index in [4.69, 9.17) is 9.52 Å². The van der Waals surface area contributed by atoms with Gasteiger partial charge in [-0.1, -0.05) is 0 Å². The predicted molar refractivity (Wildman–Crippen MR) is 40.7 cm³/mol. The van der Waals surface area contributed by atoms with Crippen LogP contribution < -0.4 is 0 Å². The fraction of sp³-hybridized carbons (Fsp3) is 0.375. The van der Waals surface area contributed by atoms with Gasteiger partial charge in [0.1, 0.15) is 5.76 Å². The number of hydrogen-bond donors (Lipinski definition) is 2. The topological polar surface area (TPSA) is 70.7 Å². The van der Waals surface area contributed by atoms with Gasteiger partial charge in [0.2, 0.25) is 0 Å². The van der Waals surface area contributed by atoms with Crippen molar-refractivity contribution in [2.24, 2.45) is 0 Å². The van der Waals surface area contributed by atoms with Gasteiger partial charge in [0.25, 0.3) is 0 Å². The molecule has 0 aliphatic rings. The maximum Gasteiger partial charge on any atom is 0.335 e. The van der Waals surface area contributed by atoms with E-state index in [1.165, 1.54) is 13.2 Å². The molecular weight excluding hydrogens is 160 g/mol. The number of carboxylic acids is 1. The fourth-order valence-corrected chi connectivity index (χ4v) is 0.828. The molecule has 0 spiro atoms. The summed E-state index contributed by atoms with van der Waals surface area (Å²) < 4.78 is 4.90. The molecule has 4 nitrogen and oxygen atoms in total. The van der Waals surface area contributed by atoms with Gasteiger partial charge in [0.05, 0.1) is 6.26 Å². The van der Waals surface area contributed by atoms with E-state index in [1.807, 2.05) is 0 Å². The van der Waals surface area contributed by atoms with Crippen molar-refractivity contribution < 1.29 is 19.4 Å². The van der Waals surface area contributed by atoms with Crippen LogP contribution in [-0.4, -0.2) is 21.8 Å². The largest absolute Gasteiger partial charge is 0.479 e. The molecule has 0 radical (unpaired) electrons. The molecule has 66 valence electrons. The highest BCUT2D eigenvalue weighted by Crippen LogP contribution is 2.13. The van der Waals surface area contributed by atoms with Crippen molar-refractivity contribution in [3.8, 4) is 0 Å². The molecule has 0 fully saturated rings. The Morgan fingerprint density at radius 3 is 2.83 bits per heavy atom. The Bertz CT molecular complexity index is 261. The molecule has 0 amide bonds. The SMILES string of the molecule is CC(O)(Cc1ccco1)C(=O)O. The minimum atomic E-state index is -1.75. The molecule has 0 aliphatic carbocycles. The van der Waals surface area contributed by atoms with Gasteiger partial charge in [0.15, 0.2) is 5.60 Å². The molecule has 0 aliphatic heterocycles. The Labute approximate surface area is 69.4 Å². The van der Waals surface area contributed by atoms with Crippen LogP contribution in [0.5, 0.6) is 0 Å². The first-order chi connectivity index (χ1) is 5.52. The van der Waals surface area contributed by atoms with Crippen LogP contribution in [0.2, 0.25) is 0 Å². The highest BCUT2D eigenvalue weighted by atomic mass is 16.4. The molecule has 0 saturated carbocycles. The number of hydrogen-bond acceptors (Lipinski definition) is 3. The summed E-state index contributed by atoms with van der Waals surface area (Å²) in [5, 5.41) is 17.9. The molecule has 0 aromatic carbocycles. The first-order valence-electron chi connectivity index (χ1n) is 3.50. The van der Waals surface area contributed by atoms with Crippen LogP contribution in [0.15, 0.2) is 22.8 Å². The summed E-state index contributed by atoms with van der Waals surface area (Å²) >= 11 is 0. The molecule has 4 heteroatoms. The van der Waals surface area contributed by atoms with Crippen LogP contribution in [0.3, 0.4) is 0 Å². The summed E-state index contributed by atoms with van der Waals surface area (Å²) in [6.45, 7) is 1.23. The van der Waals surface area contributed by atoms with Gasteiger partial charge in [-0.3, -0.25) is 0 Å². The highest BCUT2D eigenvalue weighted by molar-refractivity contribution is 5.76. The average molecular weight is 170 g/mol. The average Bonchev–Trinajstić information content (AvgIpc) is 2.38. The van der Waals surface area contributed by atoms with Gasteiger partial charge in [0, 0.05) is 6.42 Å². The third kappa shape index (κ3) is 1.85. The molecule has 12 heavy (non-hydrogen) atoms. The standard InChI is InChI=1S/C8H10O4/c1-8(11,7(9)10)5-6-3-2-4-12-6/h2-4,11H,5H2,1H3,(H,9,10). The van der Waals surface area contributed by atoms with Crippen LogP contribution in [-0.2, 0) is 11.2 Å². The fourth-order valence-electron chi connectivity index (χ4n) is 0.828. The van der Waals surface area contributed by atoms with E-state index in [0.717, 1.165) is 0 Å². The Morgan fingerprint density at radius 1 is 1.75 bits per heavy atom. The van der Waals surface area contributed by atoms with E-state index in [1.54, 1.807) is 12.1 Å². The van der Waals surface area contributed by atoms with E-state index in [9.17, 15) is 9.90 Å². The lowest BCUT2D eigenvalue weighted by Gasteiger charge is -2.15. The smallest absolute Gasteiger partial charge is 0.335 e. The van der Waals surface area contributed by atoms with Crippen molar-refractivity contribution >= 4 is 5.97 Å². The number of furan rings is 1. The van der Waals surface area contributed by atoms with Crippen LogP contribution in [0.1, 0.15) is 12.7 Å². The summed E-state index contributed by atoms with van der Waals surface area (Å²) in [5.74, 6) is -0.790.